The minimum Gasteiger partial charge on any atom is -0.366 e. The third-order valence-corrected chi connectivity index (χ3v) is 3.75. The summed E-state index contributed by atoms with van der Waals surface area (Å²) in [5, 5.41) is 4.66. The molecule has 2 aromatic rings. The molecule has 1 heterocycles. The van der Waals surface area contributed by atoms with E-state index in [0.29, 0.717) is 6.04 Å². The van der Waals surface area contributed by atoms with Crippen LogP contribution >= 0.6 is 0 Å². The molecule has 1 aromatic heterocycles. The second-order valence-corrected chi connectivity index (χ2v) is 5.09. The normalized spacial score (nSPS) is 24.1. The largest absolute Gasteiger partial charge is 0.366 e. The van der Waals surface area contributed by atoms with E-state index in [0.717, 1.165) is 24.2 Å². The van der Waals surface area contributed by atoms with Crippen molar-refractivity contribution in [3.05, 3.63) is 36.4 Å². The predicted octanol–water partition coefficient (Wildman–Crippen LogP) is 2.92. The topological polar surface area (TPSA) is 50.9 Å². The van der Waals surface area contributed by atoms with Crippen LogP contribution in [0, 0.1) is 0 Å². The van der Waals surface area contributed by atoms with Gasteiger partial charge in [-0.2, -0.15) is 0 Å². The summed E-state index contributed by atoms with van der Waals surface area (Å²) >= 11 is 0. The Morgan fingerprint density at radius 3 is 2.78 bits per heavy atom. The summed E-state index contributed by atoms with van der Waals surface area (Å²) in [6.07, 6.45) is 4.78. The maximum absolute atomic E-state index is 6.15. The van der Waals surface area contributed by atoms with Crippen molar-refractivity contribution in [3.8, 4) is 0 Å². The average Bonchev–Trinajstić information content (AvgIpc) is 2.41. The minimum absolute atomic E-state index is 0.257. The van der Waals surface area contributed by atoms with Crippen LogP contribution in [0.2, 0.25) is 0 Å². The first-order valence-electron chi connectivity index (χ1n) is 6.71. The van der Waals surface area contributed by atoms with Gasteiger partial charge in [0.1, 0.15) is 5.82 Å². The SMILES string of the molecule is NC1CCCCC1Nc1ccc2ccccc2n1. The van der Waals surface area contributed by atoms with Crippen LogP contribution < -0.4 is 11.1 Å². The van der Waals surface area contributed by atoms with Crippen molar-refractivity contribution in [2.75, 3.05) is 5.32 Å². The molecular formula is C15H19N3. The van der Waals surface area contributed by atoms with E-state index in [4.69, 9.17) is 5.73 Å². The summed E-state index contributed by atoms with van der Waals surface area (Å²) in [6, 6.07) is 13.0. The Balaban J connectivity index is 1.81. The fourth-order valence-corrected chi connectivity index (χ4v) is 2.68. The lowest BCUT2D eigenvalue weighted by atomic mass is 9.91. The van der Waals surface area contributed by atoms with Gasteiger partial charge >= 0.3 is 0 Å². The van der Waals surface area contributed by atoms with Crippen LogP contribution in [0.4, 0.5) is 5.82 Å². The Morgan fingerprint density at radius 1 is 1.06 bits per heavy atom. The van der Waals surface area contributed by atoms with Crippen molar-refractivity contribution in [3.63, 3.8) is 0 Å². The first-order valence-corrected chi connectivity index (χ1v) is 6.71. The average molecular weight is 241 g/mol. The number of rotatable bonds is 2. The van der Waals surface area contributed by atoms with E-state index < -0.39 is 0 Å². The smallest absolute Gasteiger partial charge is 0.126 e. The molecule has 0 spiro atoms. The highest BCUT2D eigenvalue weighted by molar-refractivity contribution is 5.80. The molecule has 3 rings (SSSR count). The summed E-state index contributed by atoms with van der Waals surface area (Å²) in [7, 11) is 0. The van der Waals surface area contributed by atoms with E-state index in [-0.39, 0.29) is 6.04 Å². The third-order valence-electron chi connectivity index (χ3n) is 3.75. The summed E-state index contributed by atoms with van der Waals surface area (Å²) in [5.41, 5.74) is 7.18. The second kappa shape index (κ2) is 4.94. The van der Waals surface area contributed by atoms with Crippen LogP contribution in [0.3, 0.4) is 0 Å². The Bertz CT molecular complexity index is 538. The highest BCUT2D eigenvalue weighted by atomic mass is 15.0. The minimum atomic E-state index is 0.257. The molecule has 0 saturated heterocycles. The quantitative estimate of drug-likeness (QED) is 0.850. The Labute approximate surface area is 107 Å². The number of benzene rings is 1. The zero-order valence-electron chi connectivity index (χ0n) is 10.5. The lowest BCUT2D eigenvalue weighted by molar-refractivity contribution is 0.403. The third kappa shape index (κ3) is 2.31. The number of aromatic nitrogens is 1. The standard InChI is InChI=1S/C15H19N3/c16-12-6-2-4-8-14(12)18-15-10-9-11-5-1-3-7-13(11)17-15/h1,3,5,7,9-10,12,14H,2,4,6,8,16H2,(H,17,18). The van der Waals surface area contributed by atoms with Crippen LogP contribution in [0.5, 0.6) is 0 Å². The van der Waals surface area contributed by atoms with Gasteiger partial charge in [-0.25, -0.2) is 4.98 Å². The molecule has 2 unspecified atom stereocenters. The molecule has 1 saturated carbocycles. The zero-order chi connectivity index (χ0) is 12.4. The van der Waals surface area contributed by atoms with Crippen LogP contribution in [0.25, 0.3) is 10.9 Å². The van der Waals surface area contributed by atoms with Gasteiger partial charge in [0.2, 0.25) is 0 Å². The highest BCUT2D eigenvalue weighted by Crippen LogP contribution is 2.21. The van der Waals surface area contributed by atoms with Gasteiger partial charge in [-0.1, -0.05) is 31.0 Å². The van der Waals surface area contributed by atoms with Gasteiger partial charge in [0.25, 0.3) is 0 Å². The van der Waals surface area contributed by atoms with Crippen LogP contribution in [-0.2, 0) is 0 Å². The van der Waals surface area contributed by atoms with E-state index in [9.17, 15) is 0 Å². The van der Waals surface area contributed by atoms with Crippen molar-refractivity contribution < 1.29 is 0 Å². The molecule has 1 fully saturated rings. The first-order chi connectivity index (χ1) is 8.83. The number of anilines is 1. The molecule has 94 valence electrons. The lowest BCUT2D eigenvalue weighted by Gasteiger charge is -2.29. The maximum Gasteiger partial charge on any atom is 0.126 e. The summed E-state index contributed by atoms with van der Waals surface area (Å²) in [4.78, 5) is 4.64. The summed E-state index contributed by atoms with van der Waals surface area (Å²) < 4.78 is 0. The number of hydrogen-bond acceptors (Lipinski definition) is 3. The van der Waals surface area contributed by atoms with Gasteiger partial charge in [0, 0.05) is 17.5 Å². The molecule has 1 aliphatic rings. The molecule has 0 bridgehead atoms. The van der Waals surface area contributed by atoms with Gasteiger partial charge in [-0.3, -0.25) is 0 Å². The van der Waals surface area contributed by atoms with E-state index in [1.165, 1.54) is 18.2 Å². The molecule has 0 aliphatic heterocycles. The molecule has 3 heteroatoms. The van der Waals surface area contributed by atoms with Crippen molar-refractivity contribution in [1.82, 2.24) is 4.98 Å². The van der Waals surface area contributed by atoms with Crippen molar-refractivity contribution in [2.24, 2.45) is 5.73 Å². The fourth-order valence-electron chi connectivity index (χ4n) is 2.68. The Hall–Kier alpha value is -1.61. The lowest BCUT2D eigenvalue weighted by Crippen LogP contribution is -2.42. The van der Waals surface area contributed by atoms with Gasteiger partial charge in [0.05, 0.1) is 5.52 Å². The molecule has 1 aliphatic carbocycles. The van der Waals surface area contributed by atoms with E-state index >= 15 is 0 Å². The van der Waals surface area contributed by atoms with Gasteiger partial charge < -0.3 is 11.1 Å². The first kappa shape index (κ1) is 11.5. The predicted molar refractivity (Wildman–Crippen MR) is 75.6 cm³/mol. The summed E-state index contributed by atoms with van der Waals surface area (Å²) in [5.74, 6) is 0.941. The second-order valence-electron chi connectivity index (χ2n) is 5.09. The molecule has 3 N–H and O–H groups in total. The van der Waals surface area contributed by atoms with Crippen LogP contribution in [0.15, 0.2) is 36.4 Å². The molecule has 2 atom stereocenters. The number of hydrogen-bond donors (Lipinski definition) is 2. The molecular weight excluding hydrogens is 222 g/mol. The monoisotopic (exact) mass is 241 g/mol. The van der Waals surface area contributed by atoms with Crippen molar-refractivity contribution in [1.29, 1.82) is 0 Å². The Kier molecular flexibility index (Phi) is 3.15. The van der Waals surface area contributed by atoms with E-state index in [2.05, 4.69) is 22.4 Å². The number of nitrogens with one attached hydrogen (secondary N) is 1. The van der Waals surface area contributed by atoms with Gasteiger partial charge in [-0.05, 0) is 31.0 Å². The highest BCUT2D eigenvalue weighted by Gasteiger charge is 2.21. The van der Waals surface area contributed by atoms with Crippen molar-refractivity contribution >= 4 is 16.7 Å². The number of nitrogens with zero attached hydrogens (tertiary/aromatic N) is 1. The fraction of sp³-hybridized carbons (Fsp3) is 0.400. The molecule has 18 heavy (non-hydrogen) atoms. The maximum atomic E-state index is 6.15. The molecule has 0 amide bonds. The zero-order valence-corrected chi connectivity index (χ0v) is 10.5. The molecule has 0 radical (unpaired) electrons. The number of fused-ring (bicyclic) bond motifs is 1. The van der Waals surface area contributed by atoms with Crippen molar-refractivity contribution in [2.45, 2.75) is 37.8 Å². The van der Waals surface area contributed by atoms with Gasteiger partial charge in [-0.15, -0.1) is 0 Å². The number of nitrogens with two attached hydrogens (primary N) is 1. The van der Waals surface area contributed by atoms with Gasteiger partial charge in [0.15, 0.2) is 0 Å². The summed E-state index contributed by atoms with van der Waals surface area (Å²) in [6.45, 7) is 0. The molecule has 1 aromatic carbocycles. The number of pyridine rings is 1. The van der Waals surface area contributed by atoms with Crippen LogP contribution in [-0.4, -0.2) is 17.1 Å². The molecule has 3 nitrogen and oxygen atoms in total. The van der Waals surface area contributed by atoms with Crippen LogP contribution in [0.1, 0.15) is 25.7 Å². The van der Waals surface area contributed by atoms with E-state index in [1.54, 1.807) is 0 Å². The number of para-hydroxylation sites is 1. The van der Waals surface area contributed by atoms with E-state index in [1.807, 2.05) is 24.3 Å². The Morgan fingerprint density at radius 2 is 1.89 bits per heavy atom.